The van der Waals surface area contributed by atoms with E-state index in [9.17, 15) is 15.3 Å². The summed E-state index contributed by atoms with van der Waals surface area (Å²) in [5.74, 6) is 2.79. The molecule has 13 nitrogen and oxygen atoms in total. The molecule has 66 heavy (non-hydrogen) atoms. The molecule has 350 valence electrons. The summed E-state index contributed by atoms with van der Waals surface area (Å²) in [4.78, 5) is 27.2. The first-order valence-corrected chi connectivity index (χ1v) is 24.3. The second-order valence-corrected chi connectivity index (χ2v) is 18.2. The molecule has 0 amide bonds. The normalized spacial score (nSPS) is 15.3. The number of hydrogen-bond acceptors (Lipinski definition) is 15. The Morgan fingerprint density at radius 3 is 1.59 bits per heavy atom. The van der Waals surface area contributed by atoms with E-state index in [1.807, 2.05) is 48.6 Å². The molecule has 0 atom stereocenters. The lowest BCUT2D eigenvalue weighted by Gasteiger charge is -2.33. The summed E-state index contributed by atoms with van der Waals surface area (Å²) in [7, 11) is 6.34. The van der Waals surface area contributed by atoms with E-state index in [2.05, 4.69) is 58.9 Å². The number of esters is 1. The molecule has 0 spiro atoms. The Kier molecular flexibility index (Phi) is 18.8. The number of allylic oxidation sites excluding steroid dienone is 2. The van der Waals surface area contributed by atoms with Crippen molar-refractivity contribution in [3.05, 3.63) is 81.5 Å². The van der Waals surface area contributed by atoms with Crippen LogP contribution in [0, 0.1) is 22.7 Å². The number of hydrogen-bond donors (Lipinski definition) is 0. The molecule has 0 radical (unpaired) electrons. The van der Waals surface area contributed by atoms with Gasteiger partial charge in [0.1, 0.15) is 12.2 Å². The van der Waals surface area contributed by atoms with Crippen molar-refractivity contribution >= 4 is 67.8 Å². The van der Waals surface area contributed by atoms with Gasteiger partial charge >= 0.3 is 5.97 Å². The number of benzene rings is 2. The highest BCUT2D eigenvalue weighted by Gasteiger charge is 2.26. The molecule has 2 aliphatic rings. The van der Waals surface area contributed by atoms with E-state index < -0.39 is 0 Å². The molecule has 2 fully saturated rings. The van der Waals surface area contributed by atoms with Crippen LogP contribution in [0.2, 0.25) is 0 Å². The Bertz CT molecular complexity index is 2390. The second kappa shape index (κ2) is 25.1. The summed E-state index contributed by atoms with van der Waals surface area (Å²) in [5, 5.41) is 22.2. The van der Waals surface area contributed by atoms with E-state index >= 15 is 0 Å². The van der Waals surface area contributed by atoms with Gasteiger partial charge < -0.3 is 43.1 Å². The molecule has 0 bridgehead atoms. The number of ether oxygens (including phenoxy) is 6. The molecular weight excluding hydrogens is 873 g/mol. The Labute approximate surface area is 398 Å². The number of methoxy groups -OCH3 is 4. The van der Waals surface area contributed by atoms with E-state index in [-0.39, 0.29) is 24.6 Å². The second-order valence-electron chi connectivity index (χ2n) is 16.0. The summed E-state index contributed by atoms with van der Waals surface area (Å²) in [6.07, 6.45) is 8.36. The van der Waals surface area contributed by atoms with Gasteiger partial charge in [-0.15, -0.1) is 22.7 Å². The highest BCUT2D eigenvalue weighted by atomic mass is 32.1. The van der Waals surface area contributed by atoms with Crippen molar-refractivity contribution in [1.82, 2.24) is 4.90 Å². The standard InChI is InChI=1S/C51H62N6O7S2/c1-7-55(8-2)25-9-24-54-48(63-40-20-26-56(27-21-40)49-17-12-42(65-49)30-38(34-52)36-10-14-44(59-3)46(32-36)61-5)16-19-51(58)64-41-22-28-57(29-23-41)50-18-13-43(66-50)31-39(35-53)37-11-15-45(60-4)47(33-37)62-6/h10-15,17-18,30-33,40-41H,7-9,16,19-29H2,1-6H3. The Balaban J connectivity index is 0.990. The van der Waals surface area contributed by atoms with Gasteiger partial charge in [-0.05, 0) is 110 Å². The lowest BCUT2D eigenvalue weighted by atomic mass is 10.1. The number of aliphatic imine (C=N–C) groups is 1. The lowest BCUT2D eigenvalue weighted by Crippen LogP contribution is -2.38. The maximum atomic E-state index is 13.3. The molecule has 0 N–H and O–H groups in total. The van der Waals surface area contributed by atoms with Crippen LogP contribution in [0.4, 0.5) is 10.0 Å². The van der Waals surface area contributed by atoms with Crippen LogP contribution in [0.5, 0.6) is 23.0 Å². The third-order valence-corrected chi connectivity index (χ3v) is 14.1. The van der Waals surface area contributed by atoms with Gasteiger partial charge in [0.05, 0.1) is 68.1 Å². The molecule has 0 unspecified atom stereocenters. The molecule has 15 heteroatoms. The van der Waals surface area contributed by atoms with Crippen LogP contribution in [-0.2, 0) is 14.3 Å². The third kappa shape index (κ3) is 13.5. The number of carbonyl (C=O) groups is 1. The van der Waals surface area contributed by atoms with Gasteiger partial charge in [-0.2, -0.15) is 10.5 Å². The zero-order valence-electron chi connectivity index (χ0n) is 39.0. The molecule has 2 aliphatic heterocycles. The van der Waals surface area contributed by atoms with E-state index in [1.54, 1.807) is 57.2 Å². The monoisotopic (exact) mass is 934 g/mol. The van der Waals surface area contributed by atoms with Crippen molar-refractivity contribution in [2.45, 2.75) is 71.0 Å². The summed E-state index contributed by atoms with van der Waals surface area (Å²) in [5.41, 5.74) is 2.61. The van der Waals surface area contributed by atoms with Crippen LogP contribution in [0.15, 0.2) is 65.7 Å². The number of piperidine rings is 2. The van der Waals surface area contributed by atoms with Crippen LogP contribution < -0.4 is 28.7 Å². The lowest BCUT2D eigenvalue weighted by molar-refractivity contribution is -0.149. The van der Waals surface area contributed by atoms with E-state index in [1.165, 1.54) is 0 Å². The van der Waals surface area contributed by atoms with Gasteiger partial charge in [0.15, 0.2) is 28.9 Å². The molecule has 0 saturated carbocycles. The van der Waals surface area contributed by atoms with Crippen LogP contribution in [0.25, 0.3) is 23.3 Å². The minimum Gasteiger partial charge on any atom is -0.493 e. The Morgan fingerprint density at radius 1 is 0.682 bits per heavy atom. The molecule has 4 heterocycles. The first kappa shape index (κ1) is 49.4. The number of nitriles is 2. The number of rotatable bonds is 21. The van der Waals surface area contributed by atoms with Crippen molar-refractivity contribution in [3.63, 3.8) is 0 Å². The zero-order chi connectivity index (χ0) is 46.8. The minimum atomic E-state index is -0.223. The Hall–Kier alpha value is -6.00. The minimum absolute atomic E-state index is 0.00316. The first-order chi connectivity index (χ1) is 32.2. The summed E-state index contributed by atoms with van der Waals surface area (Å²) < 4.78 is 34.2. The van der Waals surface area contributed by atoms with Gasteiger partial charge in [0, 0.05) is 74.6 Å². The van der Waals surface area contributed by atoms with Crippen molar-refractivity contribution in [2.24, 2.45) is 4.99 Å². The van der Waals surface area contributed by atoms with E-state index in [4.69, 9.17) is 33.4 Å². The number of thiophene rings is 2. The maximum Gasteiger partial charge on any atom is 0.306 e. The van der Waals surface area contributed by atoms with Crippen molar-refractivity contribution in [3.8, 4) is 35.1 Å². The van der Waals surface area contributed by atoms with Crippen LogP contribution in [-0.4, -0.2) is 110 Å². The molecule has 4 aromatic rings. The fourth-order valence-electron chi connectivity index (χ4n) is 8.08. The fourth-order valence-corrected chi connectivity index (χ4v) is 10.1. The SMILES string of the molecule is CCN(CC)CCCN=C(CCC(=O)OC1CCN(c2ccc(C=C(C#N)c3ccc(OC)c(OC)c3)s2)CC1)OC1CCN(c2ccc(C=C(C#N)c3ccc(OC)c(OC)c3)s2)CC1. The van der Waals surface area contributed by atoms with Crippen molar-refractivity contribution in [1.29, 1.82) is 10.5 Å². The molecule has 2 aromatic carbocycles. The molecule has 6 rings (SSSR count). The number of nitrogens with zero attached hydrogens (tertiary/aromatic N) is 6. The predicted molar refractivity (Wildman–Crippen MR) is 266 cm³/mol. The van der Waals surface area contributed by atoms with Gasteiger partial charge in [0.25, 0.3) is 0 Å². The summed E-state index contributed by atoms with van der Waals surface area (Å²) in [6, 6.07) is 23.9. The van der Waals surface area contributed by atoms with Crippen molar-refractivity contribution < 1.29 is 33.2 Å². The van der Waals surface area contributed by atoms with E-state index in [0.717, 1.165) is 109 Å². The largest absolute Gasteiger partial charge is 0.493 e. The molecule has 2 saturated heterocycles. The summed E-state index contributed by atoms with van der Waals surface area (Å²) >= 11 is 3.30. The number of carbonyl (C=O) groups excluding carboxylic acids is 1. The van der Waals surface area contributed by atoms with Gasteiger partial charge in [-0.1, -0.05) is 13.8 Å². The third-order valence-electron chi connectivity index (χ3n) is 11.9. The maximum absolute atomic E-state index is 13.3. The summed E-state index contributed by atoms with van der Waals surface area (Å²) in [6.45, 7) is 11.2. The van der Waals surface area contributed by atoms with Crippen LogP contribution >= 0.6 is 22.7 Å². The average Bonchev–Trinajstić information content (AvgIpc) is 4.04. The number of anilines is 2. The molecular formula is C51H62N6O7S2. The first-order valence-electron chi connectivity index (χ1n) is 22.7. The average molecular weight is 935 g/mol. The van der Waals surface area contributed by atoms with E-state index in [0.29, 0.717) is 53.0 Å². The zero-order valence-corrected chi connectivity index (χ0v) is 40.7. The van der Waals surface area contributed by atoms with Crippen molar-refractivity contribution in [2.75, 3.05) is 90.6 Å². The van der Waals surface area contributed by atoms with Crippen LogP contribution in [0.1, 0.15) is 79.7 Å². The van der Waals surface area contributed by atoms with Crippen LogP contribution in [0.3, 0.4) is 0 Å². The highest BCUT2D eigenvalue weighted by Crippen LogP contribution is 2.36. The fraction of sp³-hybridized carbons (Fsp3) is 0.451. The molecule has 0 aliphatic carbocycles. The predicted octanol–water partition coefficient (Wildman–Crippen LogP) is 10.1. The van der Waals surface area contributed by atoms with Gasteiger partial charge in [-0.25, -0.2) is 0 Å². The smallest absolute Gasteiger partial charge is 0.306 e. The van der Waals surface area contributed by atoms with Gasteiger partial charge in [-0.3, -0.25) is 9.79 Å². The quantitative estimate of drug-likeness (QED) is 0.0258. The Morgan fingerprint density at radius 2 is 1.15 bits per heavy atom. The highest BCUT2D eigenvalue weighted by molar-refractivity contribution is 7.17. The van der Waals surface area contributed by atoms with Gasteiger partial charge in [0.2, 0.25) is 0 Å². The topological polar surface area (TPSA) is 142 Å². The molecule has 2 aromatic heterocycles.